The minimum absolute atomic E-state index is 0.0956. The molecule has 1 aromatic rings. The highest BCUT2D eigenvalue weighted by atomic mass is 16.5. The number of piperidine rings is 1. The first kappa shape index (κ1) is 14.2. The summed E-state index contributed by atoms with van der Waals surface area (Å²) in [6.07, 6.45) is 7.62. The first-order valence-corrected chi connectivity index (χ1v) is 7.13. The zero-order valence-electron chi connectivity index (χ0n) is 11.9. The molecule has 2 N–H and O–H groups in total. The predicted molar refractivity (Wildman–Crippen MR) is 75.0 cm³/mol. The fourth-order valence-electron chi connectivity index (χ4n) is 2.50. The van der Waals surface area contributed by atoms with E-state index in [-0.39, 0.29) is 12.1 Å². The molecule has 0 spiro atoms. The van der Waals surface area contributed by atoms with E-state index in [2.05, 4.69) is 14.9 Å². The van der Waals surface area contributed by atoms with Crippen LogP contribution in [0.3, 0.4) is 0 Å². The van der Waals surface area contributed by atoms with Gasteiger partial charge in [0.25, 0.3) is 0 Å². The van der Waals surface area contributed by atoms with Gasteiger partial charge in [0.05, 0.1) is 12.1 Å². The van der Waals surface area contributed by atoms with Gasteiger partial charge in [0.15, 0.2) is 0 Å². The normalized spacial score (nSPS) is 18.5. The van der Waals surface area contributed by atoms with Crippen molar-refractivity contribution in [2.24, 2.45) is 5.73 Å². The standard InChI is InChI=1S/C14H24N4O/c1-11(2)19-14-16-9-12(10-17-14)13(8-15)18-6-4-3-5-7-18/h9-11,13H,3-8,15H2,1-2H3/t13-/m0/s1. The fraction of sp³-hybridized carbons (Fsp3) is 0.714. The Bertz CT molecular complexity index is 374. The Morgan fingerprint density at radius 3 is 2.37 bits per heavy atom. The Hall–Kier alpha value is -1.20. The number of aromatic nitrogens is 2. The molecule has 1 fully saturated rings. The van der Waals surface area contributed by atoms with Crippen LogP contribution >= 0.6 is 0 Å². The molecular formula is C14H24N4O. The largest absolute Gasteiger partial charge is 0.461 e. The summed E-state index contributed by atoms with van der Waals surface area (Å²) in [4.78, 5) is 11.0. The highest BCUT2D eigenvalue weighted by Crippen LogP contribution is 2.23. The van der Waals surface area contributed by atoms with Gasteiger partial charge in [-0.1, -0.05) is 6.42 Å². The van der Waals surface area contributed by atoms with Gasteiger partial charge in [0, 0.05) is 24.5 Å². The second kappa shape index (κ2) is 6.82. The molecule has 1 atom stereocenters. The van der Waals surface area contributed by atoms with Gasteiger partial charge < -0.3 is 10.5 Å². The summed E-state index contributed by atoms with van der Waals surface area (Å²) < 4.78 is 5.46. The maximum absolute atomic E-state index is 5.93. The highest BCUT2D eigenvalue weighted by molar-refractivity contribution is 5.13. The van der Waals surface area contributed by atoms with Crippen molar-refractivity contribution in [3.8, 4) is 6.01 Å². The van der Waals surface area contributed by atoms with E-state index in [1.807, 2.05) is 26.2 Å². The van der Waals surface area contributed by atoms with Crippen LogP contribution in [0.5, 0.6) is 6.01 Å². The summed E-state index contributed by atoms with van der Waals surface area (Å²) in [6.45, 7) is 6.77. The SMILES string of the molecule is CC(C)Oc1ncc([C@H](CN)N2CCCCC2)cn1. The van der Waals surface area contributed by atoms with Gasteiger partial charge >= 0.3 is 6.01 Å². The average Bonchev–Trinajstić information content (AvgIpc) is 2.42. The Labute approximate surface area is 115 Å². The smallest absolute Gasteiger partial charge is 0.316 e. The molecule has 5 nitrogen and oxygen atoms in total. The van der Waals surface area contributed by atoms with E-state index in [0.717, 1.165) is 18.7 Å². The van der Waals surface area contributed by atoms with Crippen molar-refractivity contribution in [2.75, 3.05) is 19.6 Å². The molecule has 1 aliphatic heterocycles. The molecule has 1 aliphatic rings. The van der Waals surface area contributed by atoms with Crippen molar-refractivity contribution in [3.63, 3.8) is 0 Å². The third kappa shape index (κ3) is 3.88. The zero-order chi connectivity index (χ0) is 13.7. The number of nitrogens with zero attached hydrogens (tertiary/aromatic N) is 3. The zero-order valence-corrected chi connectivity index (χ0v) is 11.9. The fourth-order valence-corrected chi connectivity index (χ4v) is 2.50. The number of nitrogens with two attached hydrogens (primary N) is 1. The van der Waals surface area contributed by atoms with E-state index in [1.165, 1.54) is 19.3 Å². The van der Waals surface area contributed by atoms with Gasteiger partial charge in [-0.3, -0.25) is 4.90 Å². The van der Waals surface area contributed by atoms with E-state index in [4.69, 9.17) is 10.5 Å². The number of ether oxygens (including phenoxy) is 1. The third-order valence-electron chi connectivity index (χ3n) is 3.43. The molecule has 0 saturated carbocycles. The lowest BCUT2D eigenvalue weighted by Crippen LogP contribution is -2.37. The highest BCUT2D eigenvalue weighted by Gasteiger charge is 2.21. The second-order valence-electron chi connectivity index (χ2n) is 5.31. The lowest BCUT2D eigenvalue weighted by molar-refractivity contribution is 0.166. The molecule has 0 radical (unpaired) electrons. The lowest BCUT2D eigenvalue weighted by atomic mass is 10.0. The minimum Gasteiger partial charge on any atom is -0.461 e. The summed E-state index contributed by atoms with van der Waals surface area (Å²) in [6, 6.07) is 0.668. The van der Waals surface area contributed by atoms with Crippen LogP contribution in [0.25, 0.3) is 0 Å². The molecule has 2 rings (SSSR count). The number of rotatable bonds is 5. The summed E-state index contributed by atoms with van der Waals surface area (Å²) in [5.74, 6) is 0. The monoisotopic (exact) mass is 264 g/mol. The molecule has 19 heavy (non-hydrogen) atoms. The third-order valence-corrected chi connectivity index (χ3v) is 3.43. The van der Waals surface area contributed by atoms with Gasteiger partial charge in [0.1, 0.15) is 0 Å². The van der Waals surface area contributed by atoms with Gasteiger partial charge in [-0.15, -0.1) is 0 Å². The van der Waals surface area contributed by atoms with Crippen LogP contribution in [0.4, 0.5) is 0 Å². The first-order valence-electron chi connectivity index (χ1n) is 7.13. The number of hydrogen-bond donors (Lipinski definition) is 1. The molecule has 2 heterocycles. The molecule has 1 aromatic heterocycles. The van der Waals surface area contributed by atoms with Gasteiger partial charge in [0.2, 0.25) is 0 Å². The second-order valence-corrected chi connectivity index (χ2v) is 5.31. The van der Waals surface area contributed by atoms with Gasteiger partial charge in [-0.25, -0.2) is 9.97 Å². The van der Waals surface area contributed by atoms with E-state index in [0.29, 0.717) is 12.6 Å². The Kier molecular flexibility index (Phi) is 5.10. The van der Waals surface area contributed by atoms with Crippen molar-refractivity contribution in [3.05, 3.63) is 18.0 Å². The molecule has 0 bridgehead atoms. The molecule has 1 saturated heterocycles. The van der Waals surface area contributed by atoms with E-state index < -0.39 is 0 Å². The maximum atomic E-state index is 5.93. The van der Waals surface area contributed by atoms with E-state index in [1.54, 1.807) is 0 Å². The molecule has 0 aliphatic carbocycles. The Morgan fingerprint density at radius 2 is 1.84 bits per heavy atom. The summed E-state index contributed by atoms with van der Waals surface area (Å²) >= 11 is 0. The van der Waals surface area contributed by atoms with E-state index >= 15 is 0 Å². The van der Waals surface area contributed by atoms with Crippen LogP contribution in [-0.4, -0.2) is 40.6 Å². The molecule has 0 aromatic carbocycles. The summed E-state index contributed by atoms with van der Waals surface area (Å²) in [7, 11) is 0. The Morgan fingerprint density at radius 1 is 1.21 bits per heavy atom. The van der Waals surface area contributed by atoms with Crippen molar-refractivity contribution in [1.29, 1.82) is 0 Å². The molecule has 0 unspecified atom stereocenters. The van der Waals surface area contributed by atoms with Crippen molar-refractivity contribution in [1.82, 2.24) is 14.9 Å². The van der Waals surface area contributed by atoms with Gasteiger partial charge in [-0.05, 0) is 39.8 Å². The Balaban J connectivity index is 2.05. The lowest BCUT2D eigenvalue weighted by Gasteiger charge is -2.33. The topological polar surface area (TPSA) is 64.3 Å². The summed E-state index contributed by atoms with van der Waals surface area (Å²) in [5, 5.41) is 0. The van der Waals surface area contributed by atoms with Crippen LogP contribution in [0.1, 0.15) is 44.7 Å². The molecule has 0 amide bonds. The molecule has 5 heteroatoms. The van der Waals surface area contributed by atoms with Crippen molar-refractivity contribution >= 4 is 0 Å². The number of likely N-dealkylation sites (tertiary alicyclic amines) is 1. The van der Waals surface area contributed by atoms with Gasteiger partial charge in [-0.2, -0.15) is 0 Å². The first-order chi connectivity index (χ1) is 9.20. The van der Waals surface area contributed by atoms with Crippen molar-refractivity contribution in [2.45, 2.75) is 45.3 Å². The minimum atomic E-state index is 0.0956. The van der Waals surface area contributed by atoms with Crippen LogP contribution in [0, 0.1) is 0 Å². The average molecular weight is 264 g/mol. The quantitative estimate of drug-likeness (QED) is 0.877. The van der Waals surface area contributed by atoms with Crippen LogP contribution in [-0.2, 0) is 0 Å². The van der Waals surface area contributed by atoms with Crippen LogP contribution < -0.4 is 10.5 Å². The number of hydrogen-bond acceptors (Lipinski definition) is 5. The molecular weight excluding hydrogens is 240 g/mol. The molecule has 106 valence electrons. The van der Waals surface area contributed by atoms with Crippen LogP contribution in [0.15, 0.2) is 12.4 Å². The summed E-state index contributed by atoms with van der Waals surface area (Å²) in [5.41, 5.74) is 7.01. The predicted octanol–water partition coefficient (Wildman–Crippen LogP) is 1.75. The maximum Gasteiger partial charge on any atom is 0.316 e. The van der Waals surface area contributed by atoms with Crippen LogP contribution in [0.2, 0.25) is 0 Å². The van der Waals surface area contributed by atoms with E-state index in [9.17, 15) is 0 Å². The van der Waals surface area contributed by atoms with Crippen molar-refractivity contribution < 1.29 is 4.74 Å².